The Kier molecular flexibility index (Phi) is 6.78. The topological polar surface area (TPSA) is 85.8 Å². The lowest BCUT2D eigenvalue weighted by atomic mass is 10.2. The van der Waals surface area contributed by atoms with E-state index in [-0.39, 0.29) is 0 Å². The van der Waals surface area contributed by atoms with Gasteiger partial charge < -0.3 is 10.5 Å². The highest BCUT2D eigenvalue weighted by molar-refractivity contribution is 8.13. The fraction of sp³-hybridized carbons (Fsp3) is 0.0526. The molecule has 0 aliphatic heterocycles. The number of benzene rings is 2. The van der Waals surface area contributed by atoms with Crippen LogP contribution in [0.4, 0.5) is 0 Å². The van der Waals surface area contributed by atoms with Gasteiger partial charge in [-0.2, -0.15) is 5.10 Å². The monoisotopic (exact) mass is 397 g/mol. The molecule has 0 fully saturated rings. The lowest BCUT2D eigenvalue weighted by Gasteiger charge is -2.04. The number of thioether (sulfide) groups is 1. The number of aromatic nitrogens is 2. The molecule has 3 aromatic rings. The molecular formula is C19H16ClN5OS. The molecule has 136 valence electrons. The standard InChI is InChI=1S/C19H16ClN5OS/c20-17-9-10-18(24-23-17)26-16-8-4-7-15(11-16)12-22-25-19(21)27-13-14-5-2-1-3-6-14/h1-12H,13H2,(H2,21,25). The zero-order valence-electron chi connectivity index (χ0n) is 14.2. The van der Waals surface area contributed by atoms with Crippen LogP contribution in [0.1, 0.15) is 11.1 Å². The van der Waals surface area contributed by atoms with Gasteiger partial charge in [0.15, 0.2) is 10.3 Å². The van der Waals surface area contributed by atoms with E-state index in [0.717, 1.165) is 11.3 Å². The normalized spacial score (nSPS) is 11.7. The summed E-state index contributed by atoms with van der Waals surface area (Å²) in [7, 11) is 0. The van der Waals surface area contributed by atoms with Crippen molar-refractivity contribution >= 4 is 34.7 Å². The maximum Gasteiger partial charge on any atom is 0.238 e. The minimum atomic E-state index is 0.309. The Balaban J connectivity index is 1.57. The number of nitrogens with two attached hydrogens (primary N) is 1. The van der Waals surface area contributed by atoms with E-state index in [2.05, 4.69) is 20.4 Å². The molecule has 6 nitrogen and oxygen atoms in total. The average Bonchev–Trinajstić information content (AvgIpc) is 2.69. The van der Waals surface area contributed by atoms with Crippen LogP contribution in [-0.4, -0.2) is 21.6 Å². The fourth-order valence-electron chi connectivity index (χ4n) is 2.05. The highest BCUT2D eigenvalue weighted by Crippen LogP contribution is 2.20. The van der Waals surface area contributed by atoms with E-state index in [1.807, 2.05) is 48.5 Å². The predicted molar refractivity (Wildman–Crippen MR) is 111 cm³/mol. The second-order valence-electron chi connectivity index (χ2n) is 5.33. The van der Waals surface area contributed by atoms with E-state index < -0.39 is 0 Å². The van der Waals surface area contributed by atoms with Gasteiger partial charge in [-0.25, -0.2) is 0 Å². The minimum Gasteiger partial charge on any atom is -0.438 e. The summed E-state index contributed by atoms with van der Waals surface area (Å²) in [6, 6.07) is 20.6. The minimum absolute atomic E-state index is 0.309. The van der Waals surface area contributed by atoms with Gasteiger partial charge in [-0.15, -0.1) is 15.3 Å². The summed E-state index contributed by atoms with van der Waals surface area (Å²) in [5, 5.41) is 16.3. The van der Waals surface area contributed by atoms with Crippen molar-refractivity contribution in [3.05, 3.63) is 83.0 Å². The zero-order chi connectivity index (χ0) is 18.9. The first-order valence-electron chi connectivity index (χ1n) is 7.99. The average molecular weight is 398 g/mol. The zero-order valence-corrected chi connectivity index (χ0v) is 15.8. The number of hydrogen-bond donors (Lipinski definition) is 1. The van der Waals surface area contributed by atoms with Crippen molar-refractivity contribution in [1.29, 1.82) is 0 Å². The fourth-order valence-corrected chi connectivity index (χ4v) is 2.76. The van der Waals surface area contributed by atoms with Gasteiger partial charge >= 0.3 is 0 Å². The van der Waals surface area contributed by atoms with Gasteiger partial charge in [-0.05, 0) is 29.3 Å². The van der Waals surface area contributed by atoms with Gasteiger partial charge in [0.1, 0.15) is 5.75 Å². The van der Waals surface area contributed by atoms with Crippen LogP contribution in [0.25, 0.3) is 0 Å². The molecule has 0 saturated heterocycles. The number of halogens is 1. The van der Waals surface area contributed by atoms with Crippen molar-refractivity contribution in [3.63, 3.8) is 0 Å². The predicted octanol–water partition coefficient (Wildman–Crippen LogP) is 4.50. The van der Waals surface area contributed by atoms with Crippen molar-refractivity contribution in [2.75, 3.05) is 0 Å². The molecule has 2 N–H and O–H groups in total. The summed E-state index contributed by atoms with van der Waals surface area (Å²) in [4.78, 5) is 0. The lowest BCUT2D eigenvalue weighted by molar-refractivity contribution is 0.455. The smallest absolute Gasteiger partial charge is 0.238 e. The second kappa shape index (κ2) is 9.70. The first-order chi connectivity index (χ1) is 13.2. The molecule has 27 heavy (non-hydrogen) atoms. The van der Waals surface area contributed by atoms with Crippen molar-refractivity contribution in [2.45, 2.75) is 5.75 Å². The summed E-state index contributed by atoms with van der Waals surface area (Å²) in [6.45, 7) is 0. The molecule has 0 spiro atoms. The molecule has 1 aromatic heterocycles. The van der Waals surface area contributed by atoms with Gasteiger partial charge in [0.25, 0.3) is 0 Å². The molecular weight excluding hydrogens is 382 g/mol. The summed E-state index contributed by atoms with van der Waals surface area (Å²) in [5.74, 6) is 1.70. The van der Waals surface area contributed by atoms with E-state index in [9.17, 15) is 0 Å². The number of rotatable bonds is 6. The molecule has 1 heterocycles. The molecule has 0 radical (unpaired) electrons. The molecule has 0 unspecified atom stereocenters. The molecule has 0 amide bonds. The molecule has 0 atom stereocenters. The van der Waals surface area contributed by atoms with Gasteiger partial charge in [-0.1, -0.05) is 65.8 Å². The Labute approximate surface area is 166 Å². The SMILES string of the molecule is NC(=NN=Cc1cccc(Oc2ccc(Cl)nn2)c1)SCc1ccccc1. The Morgan fingerprint density at radius 3 is 2.70 bits per heavy atom. The number of nitrogens with zero attached hydrogens (tertiary/aromatic N) is 4. The number of amidine groups is 1. The second-order valence-corrected chi connectivity index (χ2v) is 6.71. The molecule has 0 bridgehead atoms. The van der Waals surface area contributed by atoms with E-state index >= 15 is 0 Å². The summed E-state index contributed by atoms with van der Waals surface area (Å²) >= 11 is 7.14. The third kappa shape index (κ3) is 6.40. The quantitative estimate of drug-likeness (QED) is 0.376. The maximum absolute atomic E-state index is 5.88. The highest BCUT2D eigenvalue weighted by Gasteiger charge is 2.01. The number of ether oxygens (including phenoxy) is 1. The van der Waals surface area contributed by atoms with E-state index in [1.165, 1.54) is 17.3 Å². The molecule has 0 aliphatic rings. The number of hydrogen-bond acceptors (Lipinski definition) is 6. The Morgan fingerprint density at radius 2 is 1.93 bits per heavy atom. The summed E-state index contributed by atoms with van der Waals surface area (Å²) < 4.78 is 5.63. The molecule has 0 saturated carbocycles. The van der Waals surface area contributed by atoms with Gasteiger partial charge in [0, 0.05) is 11.8 Å². The van der Waals surface area contributed by atoms with Gasteiger partial charge in [0.05, 0.1) is 6.21 Å². The van der Waals surface area contributed by atoms with Gasteiger partial charge in [-0.3, -0.25) is 0 Å². The van der Waals surface area contributed by atoms with Crippen molar-refractivity contribution in [1.82, 2.24) is 10.2 Å². The van der Waals surface area contributed by atoms with Crippen molar-refractivity contribution in [3.8, 4) is 11.6 Å². The van der Waals surface area contributed by atoms with Gasteiger partial charge in [0.2, 0.25) is 5.88 Å². The summed E-state index contributed by atoms with van der Waals surface area (Å²) in [6.07, 6.45) is 1.61. The van der Waals surface area contributed by atoms with Crippen LogP contribution >= 0.6 is 23.4 Å². The molecule has 8 heteroatoms. The third-order valence-electron chi connectivity index (χ3n) is 3.28. The van der Waals surface area contributed by atoms with Crippen LogP contribution in [0.5, 0.6) is 11.6 Å². The highest BCUT2D eigenvalue weighted by atomic mass is 35.5. The van der Waals surface area contributed by atoms with Crippen LogP contribution in [0.15, 0.2) is 76.9 Å². The van der Waals surface area contributed by atoms with Crippen LogP contribution in [0, 0.1) is 0 Å². The third-order valence-corrected chi connectivity index (χ3v) is 4.34. The largest absolute Gasteiger partial charge is 0.438 e. The van der Waals surface area contributed by atoms with E-state index in [1.54, 1.807) is 24.4 Å². The van der Waals surface area contributed by atoms with Crippen LogP contribution in [0.2, 0.25) is 5.15 Å². The first kappa shape index (κ1) is 18.9. The van der Waals surface area contributed by atoms with Crippen LogP contribution in [-0.2, 0) is 5.75 Å². The molecule has 3 rings (SSSR count). The first-order valence-corrected chi connectivity index (χ1v) is 9.36. The maximum atomic E-state index is 5.88. The van der Waals surface area contributed by atoms with Crippen LogP contribution in [0.3, 0.4) is 0 Å². The Hall–Kier alpha value is -2.90. The van der Waals surface area contributed by atoms with E-state index in [0.29, 0.717) is 22.0 Å². The van der Waals surface area contributed by atoms with E-state index in [4.69, 9.17) is 22.1 Å². The Morgan fingerprint density at radius 1 is 1.07 bits per heavy atom. The van der Waals surface area contributed by atoms with Crippen LogP contribution < -0.4 is 10.5 Å². The Bertz CT molecular complexity index is 932. The molecule has 0 aliphatic carbocycles. The lowest BCUT2D eigenvalue weighted by Crippen LogP contribution is -2.05. The van der Waals surface area contributed by atoms with Crippen molar-refractivity contribution < 1.29 is 4.74 Å². The summed E-state index contributed by atoms with van der Waals surface area (Å²) in [5.41, 5.74) is 7.88. The molecule has 2 aromatic carbocycles. The van der Waals surface area contributed by atoms with Crippen molar-refractivity contribution in [2.24, 2.45) is 15.9 Å².